The molecule has 10 heteroatoms. The van der Waals surface area contributed by atoms with E-state index in [1.54, 1.807) is 35.8 Å². The summed E-state index contributed by atoms with van der Waals surface area (Å²) in [5.74, 6) is -0.601. The maximum Gasteiger partial charge on any atom is 0.263 e. The molecule has 3 aromatic carbocycles. The maximum atomic E-state index is 14.1. The molecule has 1 aromatic heterocycles. The first kappa shape index (κ1) is 35.9. The number of benzene rings is 3. The zero-order valence-corrected chi connectivity index (χ0v) is 28.9. The SMILES string of the molecule is CCCOc1cc(OCC)cc(-n2cc(C(=O)N(CC)c3cc(F)cc(F)c3)c(=O)c3ccc(OCCCCCCCCBr)cc32)c1. The fourth-order valence-electron chi connectivity index (χ4n) is 5.39. The zero-order valence-electron chi connectivity index (χ0n) is 27.3. The van der Waals surface area contributed by atoms with Crippen LogP contribution in [0.25, 0.3) is 16.6 Å². The second-order valence-corrected chi connectivity index (χ2v) is 12.0. The van der Waals surface area contributed by atoms with Crippen LogP contribution in [0.3, 0.4) is 0 Å². The summed E-state index contributed by atoms with van der Waals surface area (Å²) >= 11 is 3.47. The lowest BCUT2D eigenvalue weighted by Crippen LogP contribution is -2.35. The van der Waals surface area contributed by atoms with Crippen LogP contribution >= 0.6 is 15.9 Å². The lowest BCUT2D eigenvalue weighted by molar-refractivity contribution is 0.0987. The van der Waals surface area contributed by atoms with Crippen molar-refractivity contribution < 1.29 is 27.8 Å². The van der Waals surface area contributed by atoms with Crippen LogP contribution in [0.4, 0.5) is 14.5 Å². The van der Waals surface area contributed by atoms with E-state index in [4.69, 9.17) is 14.2 Å². The number of amides is 1. The summed E-state index contributed by atoms with van der Waals surface area (Å²) in [7, 11) is 0. The van der Waals surface area contributed by atoms with Crippen molar-refractivity contribution in [3.8, 4) is 22.9 Å². The van der Waals surface area contributed by atoms with Crippen molar-refractivity contribution in [3.63, 3.8) is 0 Å². The third-order valence-corrected chi connectivity index (χ3v) is 8.21. The van der Waals surface area contributed by atoms with Gasteiger partial charge in [-0.2, -0.15) is 0 Å². The minimum absolute atomic E-state index is 0.0153. The second kappa shape index (κ2) is 17.8. The first-order valence-electron chi connectivity index (χ1n) is 16.4. The summed E-state index contributed by atoms with van der Waals surface area (Å²) < 4.78 is 47.9. The number of fused-ring (bicyclic) bond motifs is 1. The summed E-state index contributed by atoms with van der Waals surface area (Å²) in [5, 5.41) is 1.32. The highest BCUT2D eigenvalue weighted by molar-refractivity contribution is 9.09. The van der Waals surface area contributed by atoms with Gasteiger partial charge in [0.05, 0.1) is 31.0 Å². The van der Waals surface area contributed by atoms with E-state index in [1.807, 2.05) is 26.0 Å². The summed E-state index contributed by atoms with van der Waals surface area (Å²) in [4.78, 5) is 29.1. The summed E-state index contributed by atoms with van der Waals surface area (Å²) in [6.45, 7) is 7.11. The van der Waals surface area contributed by atoms with Crippen LogP contribution in [-0.2, 0) is 0 Å². The molecule has 0 saturated carbocycles. The molecule has 0 fully saturated rings. The number of unbranched alkanes of at least 4 members (excludes halogenated alkanes) is 5. The Morgan fingerprint density at radius 1 is 0.787 bits per heavy atom. The minimum Gasteiger partial charge on any atom is -0.494 e. The number of aromatic nitrogens is 1. The largest absolute Gasteiger partial charge is 0.494 e. The van der Waals surface area contributed by atoms with E-state index in [1.165, 1.54) is 30.4 Å². The topological polar surface area (TPSA) is 70.0 Å². The third-order valence-electron chi connectivity index (χ3n) is 7.65. The van der Waals surface area contributed by atoms with Gasteiger partial charge in [0, 0.05) is 59.5 Å². The van der Waals surface area contributed by atoms with Crippen molar-refractivity contribution >= 4 is 38.4 Å². The first-order valence-corrected chi connectivity index (χ1v) is 17.5. The molecule has 1 heterocycles. The molecule has 4 rings (SSSR count). The van der Waals surface area contributed by atoms with Gasteiger partial charge in [-0.05, 0) is 57.4 Å². The van der Waals surface area contributed by atoms with Crippen LogP contribution < -0.4 is 24.5 Å². The standard InChI is InChI=1S/C37H43BrF2N2O5/c1-4-16-46-32-22-29(21-31(23-32)45-6-3)42-25-34(37(44)41(5-2)28-19-26(39)18-27(40)20-28)36(43)33-14-13-30(24-35(33)42)47-17-12-10-8-7-9-11-15-38/h13-14,18-25H,4-12,15-17H2,1-3H3. The number of rotatable bonds is 18. The summed E-state index contributed by atoms with van der Waals surface area (Å²) in [5.41, 5.74) is 0.474. The van der Waals surface area contributed by atoms with Crippen molar-refractivity contribution in [3.05, 3.63) is 88.2 Å². The fraction of sp³-hybridized carbons (Fsp3) is 0.405. The molecule has 1 amide bonds. The normalized spacial score (nSPS) is 11.1. The summed E-state index contributed by atoms with van der Waals surface area (Å²) in [6, 6.07) is 13.5. The van der Waals surface area contributed by atoms with E-state index in [0.29, 0.717) is 48.3 Å². The van der Waals surface area contributed by atoms with Gasteiger partial charge < -0.3 is 23.7 Å². The number of nitrogens with zero attached hydrogens (tertiary/aromatic N) is 2. The zero-order chi connectivity index (χ0) is 33.8. The molecule has 0 aliphatic rings. The molecule has 47 heavy (non-hydrogen) atoms. The van der Waals surface area contributed by atoms with E-state index in [-0.39, 0.29) is 23.2 Å². The lowest BCUT2D eigenvalue weighted by atomic mass is 10.1. The molecule has 0 atom stereocenters. The van der Waals surface area contributed by atoms with E-state index in [9.17, 15) is 18.4 Å². The Bertz CT molecular complexity index is 1690. The van der Waals surface area contributed by atoms with Gasteiger partial charge in [0.15, 0.2) is 0 Å². The smallest absolute Gasteiger partial charge is 0.263 e. The molecule has 0 N–H and O–H groups in total. The number of pyridine rings is 1. The van der Waals surface area contributed by atoms with Gasteiger partial charge in [0.1, 0.15) is 34.4 Å². The van der Waals surface area contributed by atoms with Crippen LogP contribution in [0, 0.1) is 11.6 Å². The van der Waals surface area contributed by atoms with E-state index >= 15 is 0 Å². The molecular formula is C37H43BrF2N2O5. The molecular weight excluding hydrogens is 670 g/mol. The van der Waals surface area contributed by atoms with Gasteiger partial charge in [0.2, 0.25) is 5.43 Å². The first-order chi connectivity index (χ1) is 22.8. The van der Waals surface area contributed by atoms with Crippen LogP contribution in [0.2, 0.25) is 0 Å². The van der Waals surface area contributed by atoms with Gasteiger partial charge in [-0.15, -0.1) is 0 Å². The molecule has 0 aliphatic carbocycles. The molecule has 252 valence electrons. The van der Waals surface area contributed by atoms with Gasteiger partial charge in [-0.25, -0.2) is 8.78 Å². The molecule has 0 unspecified atom stereocenters. The van der Waals surface area contributed by atoms with E-state index in [0.717, 1.165) is 49.2 Å². The number of hydrogen-bond donors (Lipinski definition) is 0. The predicted molar refractivity (Wildman–Crippen MR) is 187 cm³/mol. The molecule has 7 nitrogen and oxygen atoms in total. The number of carbonyl (C=O) groups is 1. The Morgan fingerprint density at radius 2 is 1.45 bits per heavy atom. The van der Waals surface area contributed by atoms with Gasteiger partial charge in [0.25, 0.3) is 5.91 Å². The number of anilines is 1. The average molecular weight is 714 g/mol. The molecule has 0 saturated heterocycles. The third kappa shape index (κ3) is 9.56. The highest BCUT2D eigenvalue weighted by atomic mass is 79.9. The van der Waals surface area contributed by atoms with Crippen LogP contribution in [0.15, 0.2) is 65.6 Å². The molecule has 0 aliphatic heterocycles. The number of carbonyl (C=O) groups excluding carboxylic acids is 1. The monoisotopic (exact) mass is 712 g/mol. The van der Waals surface area contributed by atoms with Crippen molar-refractivity contribution in [1.82, 2.24) is 4.57 Å². The Morgan fingerprint density at radius 3 is 2.11 bits per heavy atom. The van der Waals surface area contributed by atoms with Crippen molar-refractivity contribution in [1.29, 1.82) is 0 Å². The van der Waals surface area contributed by atoms with E-state index in [2.05, 4.69) is 15.9 Å². The maximum absolute atomic E-state index is 14.1. The molecule has 0 bridgehead atoms. The highest BCUT2D eigenvalue weighted by Crippen LogP contribution is 2.30. The number of alkyl halides is 1. The highest BCUT2D eigenvalue weighted by Gasteiger charge is 2.24. The Labute approximate surface area is 283 Å². The Kier molecular flexibility index (Phi) is 13.6. The predicted octanol–water partition coefficient (Wildman–Crippen LogP) is 9.24. The van der Waals surface area contributed by atoms with Gasteiger partial charge >= 0.3 is 0 Å². The number of hydrogen-bond acceptors (Lipinski definition) is 5. The minimum atomic E-state index is -0.822. The molecule has 0 radical (unpaired) electrons. The van der Waals surface area contributed by atoms with Gasteiger partial charge in [-0.3, -0.25) is 9.59 Å². The van der Waals surface area contributed by atoms with Crippen LogP contribution in [0.1, 0.15) is 76.1 Å². The summed E-state index contributed by atoms with van der Waals surface area (Å²) in [6.07, 6.45) is 9.00. The molecule has 0 spiro atoms. The van der Waals surface area contributed by atoms with Crippen molar-refractivity contribution in [2.24, 2.45) is 0 Å². The Balaban J connectivity index is 1.79. The average Bonchev–Trinajstić information content (AvgIpc) is 3.05. The number of ether oxygens (including phenoxy) is 3. The lowest BCUT2D eigenvalue weighted by Gasteiger charge is -2.22. The van der Waals surface area contributed by atoms with E-state index < -0.39 is 23.0 Å². The quantitative estimate of drug-likeness (QED) is 0.0760. The Hall–Kier alpha value is -3.92. The second-order valence-electron chi connectivity index (χ2n) is 11.2. The van der Waals surface area contributed by atoms with Gasteiger partial charge in [-0.1, -0.05) is 48.5 Å². The van der Waals surface area contributed by atoms with Crippen molar-refractivity contribution in [2.75, 3.05) is 36.6 Å². The fourth-order valence-corrected chi connectivity index (χ4v) is 5.78. The van der Waals surface area contributed by atoms with Crippen molar-refractivity contribution in [2.45, 2.75) is 65.7 Å². The van der Waals surface area contributed by atoms with Crippen LogP contribution in [-0.4, -0.2) is 42.2 Å². The molecule has 4 aromatic rings. The number of halogens is 3. The van der Waals surface area contributed by atoms with Crippen LogP contribution in [0.5, 0.6) is 17.2 Å².